The molecule has 4 aromatic rings. The molecule has 138 valence electrons. The Labute approximate surface area is 165 Å². The number of likely N-dealkylation sites (N-methyl/N-ethyl adjacent to an activating group) is 1. The van der Waals surface area contributed by atoms with Crippen LogP contribution in [0.2, 0.25) is 0 Å². The van der Waals surface area contributed by atoms with Crippen LogP contribution in [0.4, 0.5) is 11.4 Å². The number of benzene rings is 3. The highest BCUT2D eigenvalue weighted by atomic mass is 15.2. The molecule has 0 unspecified atom stereocenters. The summed E-state index contributed by atoms with van der Waals surface area (Å²) in [5.74, 6) is 0. The van der Waals surface area contributed by atoms with Crippen molar-refractivity contribution < 1.29 is 0 Å². The van der Waals surface area contributed by atoms with Gasteiger partial charge in [0.25, 0.3) is 0 Å². The highest BCUT2D eigenvalue weighted by molar-refractivity contribution is 5.87. The SMILES string of the molecule is CN1CCN(c2ccc3ccccc3c2)c2ccc(-c3cncnc3)cc2C1. The van der Waals surface area contributed by atoms with Gasteiger partial charge in [0.2, 0.25) is 0 Å². The molecule has 0 spiro atoms. The van der Waals surface area contributed by atoms with Crippen molar-refractivity contribution in [3.05, 3.63) is 84.9 Å². The molecule has 0 N–H and O–H groups in total. The number of hydrogen-bond acceptors (Lipinski definition) is 4. The average Bonchev–Trinajstić information content (AvgIpc) is 2.91. The largest absolute Gasteiger partial charge is 0.340 e. The van der Waals surface area contributed by atoms with Gasteiger partial charge in [-0.15, -0.1) is 0 Å². The van der Waals surface area contributed by atoms with E-state index in [1.807, 2.05) is 12.4 Å². The van der Waals surface area contributed by atoms with Gasteiger partial charge in [0.05, 0.1) is 0 Å². The first-order valence-corrected chi connectivity index (χ1v) is 9.61. The van der Waals surface area contributed by atoms with Gasteiger partial charge in [-0.3, -0.25) is 0 Å². The molecule has 4 heteroatoms. The van der Waals surface area contributed by atoms with E-state index >= 15 is 0 Å². The van der Waals surface area contributed by atoms with Crippen LogP contribution in [0.1, 0.15) is 5.56 Å². The topological polar surface area (TPSA) is 32.3 Å². The van der Waals surface area contributed by atoms with E-state index < -0.39 is 0 Å². The molecule has 1 aromatic heterocycles. The number of anilines is 2. The molecule has 28 heavy (non-hydrogen) atoms. The zero-order chi connectivity index (χ0) is 18.9. The molecule has 1 aliphatic heterocycles. The van der Waals surface area contributed by atoms with E-state index in [1.54, 1.807) is 6.33 Å². The van der Waals surface area contributed by atoms with Crippen molar-refractivity contribution in [3.63, 3.8) is 0 Å². The van der Waals surface area contributed by atoms with E-state index in [0.717, 1.165) is 30.8 Å². The van der Waals surface area contributed by atoms with Gasteiger partial charge >= 0.3 is 0 Å². The minimum absolute atomic E-state index is 0.931. The van der Waals surface area contributed by atoms with Crippen LogP contribution in [0.3, 0.4) is 0 Å². The normalized spacial score (nSPS) is 14.7. The molecule has 0 atom stereocenters. The van der Waals surface area contributed by atoms with Gasteiger partial charge in [-0.2, -0.15) is 0 Å². The van der Waals surface area contributed by atoms with Crippen molar-refractivity contribution in [2.24, 2.45) is 0 Å². The predicted molar refractivity (Wildman–Crippen MR) is 115 cm³/mol. The molecule has 0 amide bonds. The monoisotopic (exact) mass is 366 g/mol. The van der Waals surface area contributed by atoms with Crippen LogP contribution in [0, 0.1) is 0 Å². The fourth-order valence-corrected chi connectivity index (χ4v) is 3.98. The van der Waals surface area contributed by atoms with Gasteiger partial charge in [-0.25, -0.2) is 9.97 Å². The third-order valence-corrected chi connectivity index (χ3v) is 5.45. The fraction of sp³-hybridized carbons (Fsp3) is 0.167. The minimum Gasteiger partial charge on any atom is -0.340 e. The second kappa shape index (κ2) is 7.06. The zero-order valence-electron chi connectivity index (χ0n) is 15.9. The van der Waals surface area contributed by atoms with Crippen LogP contribution in [-0.2, 0) is 6.54 Å². The van der Waals surface area contributed by atoms with Crippen molar-refractivity contribution in [3.8, 4) is 11.1 Å². The van der Waals surface area contributed by atoms with Crippen LogP contribution in [-0.4, -0.2) is 35.0 Å². The number of rotatable bonds is 2. The summed E-state index contributed by atoms with van der Waals surface area (Å²) in [5.41, 5.74) is 6.06. The molecule has 2 heterocycles. The second-order valence-electron chi connectivity index (χ2n) is 7.39. The molecule has 5 rings (SSSR count). The van der Waals surface area contributed by atoms with Crippen molar-refractivity contribution >= 4 is 22.1 Å². The fourth-order valence-electron chi connectivity index (χ4n) is 3.98. The Morgan fingerprint density at radius 2 is 1.61 bits per heavy atom. The van der Waals surface area contributed by atoms with E-state index in [0.29, 0.717) is 0 Å². The Kier molecular flexibility index (Phi) is 4.26. The molecule has 3 aromatic carbocycles. The molecule has 0 bridgehead atoms. The summed E-state index contributed by atoms with van der Waals surface area (Å²) in [6, 6.07) is 22.0. The minimum atomic E-state index is 0.931. The van der Waals surface area contributed by atoms with Crippen LogP contribution >= 0.6 is 0 Å². The van der Waals surface area contributed by atoms with Crippen LogP contribution in [0.15, 0.2) is 79.4 Å². The molecule has 1 aliphatic rings. The lowest BCUT2D eigenvalue weighted by Gasteiger charge is -2.25. The van der Waals surface area contributed by atoms with Crippen LogP contribution < -0.4 is 4.90 Å². The van der Waals surface area contributed by atoms with E-state index in [9.17, 15) is 0 Å². The maximum absolute atomic E-state index is 4.17. The van der Waals surface area contributed by atoms with E-state index in [1.165, 1.54) is 27.7 Å². The first-order chi connectivity index (χ1) is 13.8. The highest BCUT2D eigenvalue weighted by Crippen LogP contribution is 2.35. The molecule has 0 saturated carbocycles. The smallest absolute Gasteiger partial charge is 0.115 e. The van der Waals surface area contributed by atoms with Gasteiger partial charge in [0.15, 0.2) is 0 Å². The average molecular weight is 366 g/mol. The molecular weight excluding hydrogens is 344 g/mol. The molecular formula is C24H22N4. The number of fused-ring (bicyclic) bond motifs is 2. The van der Waals surface area contributed by atoms with E-state index in [4.69, 9.17) is 0 Å². The summed E-state index contributed by atoms with van der Waals surface area (Å²) in [6.45, 7) is 2.92. The van der Waals surface area contributed by atoms with Crippen LogP contribution in [0.25, 0.3) is 21.9 Å². The van der Waals surface area contributed by atoms with Crippen LogP contribution in [0.5, 0.6) is 0 Å². The Morgan fingerprint density at radius 3 is 2.46 bits per heavy atom. The predicted octanol–water partition coefficient (Wildman–Crippen LogP) is 4.88. The maximum Gasteiger partial charge on any atom is 0.115 e. The number of aromatic nitrogens is 2. The summed E-state index contributed by atoms with van der Waals surface area (Å²) in [7, 11) is 2.19. The molecule has 0 fully saturated rings. The lowest BCUT2D eigenvalue weighted by atomic mass is 10.0. The Morgan fingerprint density at radius 1 is 0.786 bits per heavy atom. The second-order valence-corrected chi connectivity index (χ2v) is 7.39. The lowest BCUT2D eigenvalue weighted by molar-refractivity contribution is 0.343. The molecule has 0 saturated heterocycles. The summed E-state index contributed by atoms with van der Waals surface area (Å²) >= 11 is 0. The van der Waals surface area contributed by atoms with Gasteiger partial charge < -0.3 is 9.80 Å². The Balaban J connectivity index is 1.60. The summed E-state index contributed by atoms with van der Waals surface area (Å²) < 4.78 is 0. The third-order valence-electron chi connectivity index (χ3n) is 5.45. The third kappa shape index (κ3) is 3.12. The molecule has 4 nitrogen and oxygen atoms in total. The highest BCUT2D eigenvalue weighted by Gasteiger charge is 2.20. The number of nitrogens with zero attached hydrogens (tertiary/aromatic N) is 4. The Bertz CT molecular complexity index is 1120. The first kappa shape index (κ1) is 16.9. The number of hydrogen-bond donors (Lipinski definition) is 0. The summed E-state index contributed by atoms with van der Waals surface area (Å²) in [6.07, 6.45) is 5.31. The summed E-state index contributed by atoms with van der Waals surface area (Å²) in [5, 5.41) is 2.55. The van der Waals surface area contributed by atoms with Gasteiger partial charge in [0.1, 0.15) is 6.33 Å². The maximum atomic E-state index is 4.17. The Hall–Kier alpha value is -3.24. The van der Waals surface area contributed by atoms with Gasteiger partial charge in [0, 0.05) is 49.0 Å². The molecule has 0 radical (unpaired) electrons. The quantitative estimate of drug-likeness (QED) is 0.506. The standard InChI is InChI=1S/C24H22N4/c1-27-10-11-28(23-8-6-18-4-2-3-5-19(18)13-23)24-9-7-20(12-21(24)16-27)22-14-25-17-26-15-22/h2-9,12-15,17H,10-11,16H2,1H3. The van der Waals surface area contributed by atoms with E-state index in [-0.39, 0.29) is 0 Å². The summed E-state index contributed by atoms with van der Waals surface area (Å²) in [4.78, 5) is 13.2. The molecule has 0 aliphatic carbocycles. The van der Waals surface area contributed by atoms with Crippen molar-refractivity contribution in [2.75, 3.05) is 25.0 Å². The van der Waals surface area contributed by atoms with Crippen molar-refractivity contribution in [1.29, 1.82) is 0 Å². The lowest BCUT2D eigenvalue weighted by Crippen LogP contribution is -2.26. The first-order valence-electron chi connectivity index (χ1n) is 9.61. The van der Waals surface area contributed by atoms with Crippen molar-refractivity contribution in [1.82, 2.24) is 14.9 Å². The van der Waals surface area contributed by atoms with Gasteiger partial charge in [-0.1, -0.05) is 36.4 Å². The van der Waals surface area contributed by atoms with Gasteiger partial charge in [-0.05, 0) is 53.2 Å². The van der Waals surface area contributed by atoms with Crippen molar-refractivity contribution in [2.45, 2.75) is 6.54 Å². The zero-order valence-corrected chi connectivity index (χ0v) is 15.9. The van der Waals surface area contributed by atoms with E-state index in [2.05, 4.69) is 87.5 Å².